The van der Waals surface area contributed by atoms with Crippen molar-refractivity contribution in [3.63, 3.8) is 0 Å². The Bertz CT molecular complexity index is 2060. The first-order valence-corrected chi connectivity index (χ1v) is 19.7. The Morgan fingerprint density at radius 2 is 0.807 bits per heavy atom. The van der Waals surface area contributed by atoms with Gasteiger partial charge in [0.15, 0.2) is 0 Å². The van der Waals surface area contributed by atoms with Gasteiger partial charge in [0.2, 0.25) is 0 Å². The molecule has 0 radical (unpaired) electrons. The summed E-state index contributed by atoms with van der Waals surface area (Å²) in [6.45, 7) is 4.45. The van der Waals surface area contributed by atoms with E-state index in [4.69, 9.17) is 33.2 Å². The van der Waals surface area contributed by atoms with Gasteiger partial charge in [-0.15, -0.1) is 0 Å². The Balaban J connectivity index is 1.23. The predicted octanol–water partition coefficient (Wildman–Crippen LogP) is 8.13. The monoisotopic (exact) mass is 764 g/mol. The molecule has 3 heterocycles. The maximum absolute atomic E-state index is 6.75. The standard InChI is InChI=1S/C48H48N2O7/c1-3-13-49-43(11-1)33-56-47-39-7-5-9-41(47)32-42-10-6-8-40(48(42)57-34-44-12-2-4-14-50-44)27-38-25-36-23-35-24-37(26-39)30-45(28-35)54-21-19-52-17-15-51-16-18-53-20-22-55-46(29-36)31-38/h1-14,24-25,28-31H,15-23,26-27,32-34H2. The maximum atomic E-state index is 6.75. The number of nitrogens with zero attached hydrogens (tertiary/aromatic N) is 2. The summed E-state index contributed by atoms with van der Waals surface area (Å²) < 4.78 is 43.5. The van der Waals surface area contributed by atoms with Gasteiger partial charge < -0.3 is 33.2 Å². The second-order valence-electron chi connectivity index (χ2n) is 14.2. The smallest absolute Gasteiger partial charge is 0.130 e. The zero-order valence-electron chi connectivity index (χ0n) is 32.2. The van der Waals surface area contributed by atoms with Crippen LogP contribution in [0.4, 0.5) is 0 Å². The third kappa shape index (κ3) is 10.8. The molecule has 0 spiro atoms. The number of benzene rings is 4. The summed E-state index contributed by atoms with van der Waals surface area (Å²) in [6, 6.07) is 37.8. The van der Waals surface area contributed by atoms with Crippen LogP contribution in [0.1, 0.15) is 55.9 Å². The number of fused-ring (bicyclic) bond motifs is 8. The van der Waals surface area contributed by atoms with E-state index in [-0.39, 0.29) is 0 Å². The van der Waals surface area contributed by atoms with Crippen LogP contribution in [0.3, 0.4) is 0 Å². The van der Waals surface area contributed by atoms with Crippen LogP contribution in [0.15, 0.2) is 122 Å². The van der Waals surface area contributed by atoms with Crippen molar-refractivity contribution in [2.24, 2.45) is 0 Å². The molecular weight excluding hydrogens is 717 g/mol. The van der Waals surface area contributed by atoms with Gasteiger partial charge in [-0.25, -0.2) is 0 Å². The van der Waals surface area contributed by atoms with E-state index in [1.165, 1.54) is 0 Å². The van der Waals surface area contributed by atoms with Crippen molar-refractivity contribution in [1.29, 1.82) is 0 Å². The minimum absolute atomic E-state index is 0.346. The Hall–Kier alpha value is -5.74. The highest BCUT2D eigenvalue weighted by atomic mass is 16.6. The number of hydrogen-bond acceptors (Lipinski definition) is 9. The third-order valence-corrected chi connectivity index (χ3v) is 9.90. The van der Waals surface area contributed by atoms with Crippen molar-refractivity contribution in [2.75, 3.05) is 52.9 Å². The van der Waals surface area contributed by atoms with E-state index in [1.54, 1.807) is 12.4 Å². The van der Waals surface area contributed by atoms with Crippen molar-refractivity contribution in [3.8, 4) is 23.0 Å². The number of aromatic nitrogens is 2. The molecule has 0 N–H and O–H groups in total. The number of rotatable bonds is 6. The molecule has 1 aliphatic heterocycles. The minimum Gasteiger partial charge on any atom is -0.491 e. The fourth-order valence-corrected chi connectivity index (χ4v) is 7.35. The van der Waals surface area contributed by atoms with Crippen LogP contribution in [0.5, 0.6) is 23.0 Å². The molecule has 9 nitrogen and oxygen atoms in total. The molecule has 9 heteroatoms. The maximum Gasteiger partial charge on any atom is 0.130 e. The van der Waals surface area contributed by atoms with Crippen LogP contribution in [0, 0.1) is 0 Å². The van der Waals surface area contributed by atoms with Gasteiger partial charge in [0.05, 0.1) is 51.0 Å². The van der Waals surface area contributed by atoms with Gasteiger partial charge >= 0.3 is 0 Å². The van der Waals surface area contributed by atoms with E-state index < -0.39 is 0 Å². The third-order valence-electron chi connectivity index (χ3n) is 9.90. The molecule has 8 rings (SSSR count). The van der Waals surface area contributed by atoms with Gasteiger partial charge in [0.25, 0.3) is 0 Å². The first-order chi connectivity index (χ1) is 28.2. The van der Waals surface area contributed by atoms with Crippen LogP contribution >= 0.6 is 0 Å². The lowest BCUT2D eigenvalue weighted by Crippen LogP contribution is -2.14. The predicted molar refractivity (Wildman–Crippen MR) is 218 cm³/mol. The minimum atomic E-state index is 0.346. The summed E-state index contributed by atoms with van der Waals surface area (Å²) in [5.41, 5.74) is 10.5. The summed E-state index contributed by atoms with van der Waals surface area (Å²) >= 11 is 0. The molecule has 2 aliphatic rings. The Labute approximate surface area is 334 Å². The highest BCUT2D eigenvalue weighted by molar-refractivity contribution is 5.53. The highest BCUT2D eigenvalue weighted by Crippen LogP contribution is 2.36. The molecular formula is C48H48N2O7. The summed E-state index contributed by atoms with van der Waals surface area (Å²) in [4.78, 5) is 9.11. The van der Waals surface area contributed by atoms with Crippen LogP contribution in [-0.2, 0) is 53.1 Å². The molecule has 57 heavy (non-hydrogen) atoms. The number of ether oxygens (including phenoxy) is 7. The summed E-state index contributed by atoms with van der Waals surface area (Å²) in [7, 11) is 0. The molecule has 0 amide bonds. The molecule has 292 valence electrons. The number of pyridine rings is 2. The lowest BCUT2D eigenvalue weighted by molar-refractivity contribution is 0.00497. The zero-order valence-corrected chi connectivity index (χ0v) is 32.2. The van der Waals surface area contributed by atoms with Gasteiger partial charge in [-0.05, 0) is 99.5 Å². The molecule has 0 fully saturated rings. The summed E-state index contributed by atoms with van der Waals surface area (Å²) in [5, 5.41) is 0. The number of para-hydroxylation sites is 2. The van der Waals surface area contributed by atoms with Gasteiger partial charge in [0, 0.05) is 31.7 Å². The van der Waals surface area contributed by atoms with E-state index in [9.17, 15) is 0 Å². The van der Waals surface area contributed by atoms with Gasteiger partial charge in [-0.2, -0.15) is 0 Å². The quantitative estimate of drug-likeness (QED) is 0.167. The molecule has 10 bridgehead atoms. The molecule has 6 aromatic rings. The van der Waals surface area contributed by atoms with E-state index in [0.29, 0.717) is 91.8 Å². The average Bonchev–Trinajstić information content (AvgIpc) is 3.22. The largest absolute Gasteiger partial charge is 0.491 e. The first kappa shape index (κ1) is 38.1. The highest BCUT2D eigenvalue weighted by Gasteiger charge is 2.19. The molecule has 2 aromatic heterocycles. The molecule has 0 atom stereocenters. The SMILES string of the molecule is c1ccc(COc2c3cccc2Cc2cccc(c2OCc2ccccn2)Cc2cc4cc(c2)OCCOCCOCCOCCOc2cc(cc(c2)C3)C4)nc1. The Morgan fingerprint density at radius 1 is 0.404 bits per heavy atom. The second-order valence-corrected chi connectivity index (χ2v) is 14.2. The first-order valence-electron chi connectivity index (χ1n) is 19.7. The van der Waals surface area contributed by atoms with Gasteiger partial charge in [0.1, 0.15) is 49.4 Å². The van der Waals surface area contributed by atoms with Gasteiger partial charge in [-0.1, -0.05) is 60.7 Å². The van der Waals surface area contributed by atoms with E-state index in [2.05, 4.69) is 82.8 Å². The molecule has 0 unspecified atom stereocenters. The lowest BCUT2D eigenvalue weighted by Gasteiger charge is -2.21. The molecule has 1 aliphatic carbocycles. The molecule has 4 aromatic carbocycles. The lowest BCUT2D eigenvalue weighted by atomic mass is 9.92. The van der Waals surface area contributed by atoms with E-state index >= 15 is 0 Å². The van der Waals surface area contributed by atoms with E-state index in [1.807, 2.05) is 36.4 Å². The average molecular weight is 765 g/mol. The van der Waals surface area contributed by atoms with Crippen LogP contribution in [0.25, 0.3) is 0 Å². The van der Waals surface area contributed by atoms with Crippen LogP contribution in [0.2, 0.25) is 0 Å². The fourth-order valence-electron chi connectivity index (χ4n) is 7.35. The van der Waals surface area contributed by atoms with E-state index in [0.717, 1.165) is 78.9 Å². The molecule has 0 saturated heterocycles. The fraction of sp³-hybridized carbons (Fsp3) is 0.292. The van der Waals surface area contributed by atoms with Gasteiger partial charge in [-0.3, -0.25) is 9.97 Å². The topological polar surface area (TPSA) is 90.4 Å². The summed E-state index contributed by atoms with van der Waals surface area (Å²) in [5.74, 6) is 3.31. The van der Waals surface area contributed by atoms with Crippen molar-refractivity contribution >= 4 is 0 Å². The summed E-state index contributed by atoms with van der Waals surface area (Å²) in [6.07, 6.45) is 6.17. The zero-order chi connectivity index (χ0) is 38.5. The molecule has 0 saturated carbocycles. The van der Waals surface area contributed by atoms with Crippen molar-refractivity contribution in [2.45, 2.75) is 38.9 Å². The number of hydrogen-bond donors (Lipinski definition) is 0. The van der Waals surface area contributed by atoms with Crippen molar-refractivity contribution in [1.82, 2.24) is 9.97 Å². The Morgan fingerprint density at radius 3 is 1.23 bits per heavy atom. The van der Waals surface area contributed by atoms with Crippen molar-refractivity contribution < 1.29 is 33.2 Å². The van der Waals surface area contributed by atoms with Crippen LogP contribution in [-0.4, -0.2) is 62.8 Å². The van der Waals surface area contributed by atoms with Crippen LogP contribution < -0.4 is 18.9 Å². The second kappa shape index (κ2) is 19.4. The normalized spacial score (nSPS) is 15.1. The Kier molecular flexibility index (Phi) is 13.0. The van der Waals surface area contributed by atoms with Crippen molar-refractivity contribution in [3.05, 3.63) is 177 Å².